The third-order valence-electron chi connectivity index (χ3n) is 6.30. The van der Waals surface area contributed by atoms with Crippen molar-refractivity contribution in [3.63, 3.8) is 0 Å². The zero-order valence-corrected chi connectivity index (χ0v) is 25.0. The summed E-state index contributed by atoms with van der Waals surface area (Å²) in [5, 5.41) is 2.63. The predicted octanol–water partition coefficient (Wildman–Crippen LogP) is 4.32. The smallest absolute Gasteiger partial charge is 0.410 e. The second-order valence-corrected chi connectivity index (χ2v) is 13.5. The third kappa shape index (κ3) is 9.14. The van der Waals surface area contributed by atoms with Gasteiger partial charge >= 0.3 is 12.1 Å². The van der Waals surface area contributed by atoms with Gasteiger partial charge in [-0.05, 0) is 57.2 Å². The van der Waals surface area contributed by atoms with E-state index in [0.29, 0.717) is 19.4 Å². The topological polar surface area (TPSA) is 131 Å². The van der Waals surface area contributed by atoms with E-state index in [1.807, 2.05) is 30.3 Å². The van der Waals surface area contributed by atoms with Crippen molar-refractivity contribution < 1.29 is 32.9 Å². The summed E-state index contributed by atoms with van der Waals surface area (Å²) in [6.45, 7) is 9.03. The highest BCUT2D eigenvalue weighted by molar-refractivity contribution is 7.94. The summed E-state index contributed by atoms with van der Waals surface area (Å²) in [4.78, 5) is 53.6. The summed E-state index contributed by atoms with van der Waals surface area (Å²) in [7, 11) is -3.61. The van der Waals surface area contributed by atoms with E-state index >= 15 is 0 Å². The monoisotopic (exact) mass is 585 g/mol. The van der Waals surface area contributed by atoms with Gasteiger partial charge in [0.1, 0.15) is 30.0 Å². The van der Waals surface area contributed by atoms with Crippen LogP contribution in [0.2, 0.25) is 0 Å². The van der Waals surface area contributed by atoms with Crippen LogP contribution in [-0.2, 0) is 40.2 Å². The molecule has 3 amide bonds. The summed E-state index contributed by atoms with van der Waals surface area (Å²) in [6.07, 6.45) is 0.237. The first-order valence-corrected chi connectivity index (χ1v) is 15.3. The number of nitrogens with one attached hydrogen (secondary N) is 1. The lowest BCUT2D eigenvalue weighted by Crippen LogP contribution is -2.47. The van der Waals surface area contributed by atoms with Crippen LogP contribution < -0.4 is 5.32 Å². The van der Waals surface area contributed by atoms with Crippen molar-refractivity contribution in [3.8, 4) is 0 Å². The average molecular weight is 586 g/mol. The van der Waals surface area contributed by atoms with Crippen LogP contribution in [0.5, 0.6) is 0 Å². The van der Waals surface area contributed by atoms with Crippen LogP contribution in [-0.4, -0.2) is 63.0 Å². The molecule has 1 N–H and O–H groups in total. The summed E-state index contributed by atoms with van der Waals surface area (Å²) in [5.74, 6) is -3.10. The van der Waals surface area contributed by atoms with Gasteiger partial charge in [0.25, 0.3) is 5.91 Å². The third-order valence-corrected chi connectivity index (χ3v) is 8.44. The van der Waals surface area contributed by atoms with Gasteiger partial charge in [-0.3, -0.25) is 14.5 Å². The number of hydrogen-bond donors (Lipinski definition) is 1. The van der Waals surface area contributed by atoms with Crippen LogP contribution in [0.3, 0.4) is 0 Å². The zero-order valence-electron chi connectivity index (χ0n) is 24.2. The van der Waals surface area contributed by atoms with E-state index in [-0.39, 0.29) is 17.4 Å². The second kappa shape index (κ2) is 13.8. The van der Waals surface area contributed by atoms with Crippen molar-refractivity contribution in [2.75, 3.05) is 12.3 Å². The molecule has 11 heteroatoms. The van der Waals surface area contributed by atoms with Gasteiger partial charge in [0.15, 0.2) is 0 Å². The lowest BCUT2D eigenvalue weighted by molar-refractivity contribution is -0.150. The minimum absolute atomic E-state index is 0.0406. The van der Waals surface area contributed by atoms with E-state index in [1.165, 1.54) is 17.0 Å². The number of carbonyl (C=O) groups is 4. The molecule has 1 heterocycles. The van der Waals surface area contributed by atoms with E-state index in [1.54, 1.807) is 52.8 Å². The minimum atomic E-state index is -3.61. The van der Waals surface area contributed by atoms with Gasteiger partial charge in [0.2, 0.25) is 5.91 Å². The maximum atomic E-state index is 14.2. The zero-order chi connectivity index (χ0) is 30.2. The highest BCUT2D eigenvalue weighted by Crippen LogP contribution is 2.24. The van der Waals surface area contributed by atoms with Crippen molar-refractivity contribution in [1.29, 1.82) is 0 Å². The molecule has 1 saturated heterocycles. The average Bonchev–Trinajstić information content (AvgIpc) is 3.41. The molecule has 222 valence electrons. The highest BCUT2D eigenvalue weighted by Gasteiger charge is 2.38. The fourth-order valence-electron chi connectivity index (χ4n) is 4.28. The molecule has 10 nitrogen and oxygen atoms in total. The molecule has 1 aliphatic heterocycles. The van der Waals surface area contributed by atoms with Crippen molar-refractivity contribution >= 4 is 33.6 Å². The number of hydrogen-bond acceptors (Lipinski definition) is 7. The molecule has 3 atom stereocenters. The Morgan fingerprint density at radius 2 is 1.63 bits per heavy atom. The second-order valence-electron chi connectivity index (χ2n) is 11.2. The van der Waals surface area contributed by atoms with Gasteiger partial charge in [0, 0.05) is 11.4 Å². The summed E-state index contributed by atoms with van der Waals surface area (Å²) >= 11 is 0. The van der Waals surface area contributed by atoms with Crippen LogP contribution in [0.15, 0.2) is 69.9 Å². The van der Waals surface area contributed by atoms with Crippen molar-refractivity contribution in [3.05, 3.63) is 66.2 Å². The molecule has 1 unspecified atom stereocenters. The van der Waals surface area contributed by atoms with Crippen LogP contribution >= 0.6 is 0 Å². The molecule has 41 heavy (non-hydrogen) atoms. The molecule has 2 aromatic rings. The SMILES string of the molecule is CC(C)[C@H](NC(=O)CS(=O)(=NC(=O)[C@@H]1CCCN1C(=O)OC(C)(C)C)c1ccccc1)C(=O)OCc1ccccc1. The van der Waals surface area contributed by atoms with Crippen molar-refractivity contribution in [2.24, 2.45) is 10.3 Å². The molecule has 0 bridgehead atoms. The number of carbonyl (C=O) groups excluding carboxylic acids is 4. The molecule has 0 radical (unpaired) electrons. The van der Waals surface area contributed by atoms with E-state index in [2.05, 4.69) is 9.68 Å². The Balaban J connectivity index is 1.81. The lowest BCUT2D eigenvalue weighted by Gasteiger charge is -2.27. The molecule has 0 aliphatic carbocycles. The van der Waals surface area contributed by atoms with E-state index in [9.17, 15) is 23.4 Å². The molecule has 1 aliphatic rings. The molecule has 0 aromatic heterocycles. The number of likely N-dealkylation sites (tertiary alicyclic amines) is 1. The number of ether oxygens (including phenoxy) is 2. The number of esters is 1. The van der Waals surface area contributed by atoms with Crippen molar-refractivity contribution in [2.45, 2.75) is 76.6 Å². The van der Waals surface area contributed by atoms with Gasteiger partial charge in [-0.1, -0.05) is 62.4 Å². The summed E-state index contributed by atoms with van der Waals surface area (Å²) < 4.78 is 29.1. The highest BCUT2D eigenvalue weighted by atomic mass is 32.2. The Labute approximate surface area is 242 Å². The molecule has 0 spiro atoms. The largest absolute Gasteiger partial charge is 0.459 e. The van der Waals surface area contributed by atoms with Crippen LogP contribution in [0.1, 0.15) is 53.0 Å². The standard InChI is InChI=1S/C30H39N3O7S/c1-21(2)26(28(36)39-19-22-13-8-6-9-14-22)31-25(34)20-41(38,23-15-10-7-11-16-23)32-27(35)24-17-12-18-33(24)29(37)40-30(3,4)5/h6-11,13-16,21,24,26H,12,17-20H2,1-5H3,(H,31,34)/t24-,26-,41?/m0/s1. The molecular weight excluding hydrogens is 546 g/mol. The number of benzene rings is 2. The van der Waals surface area contributed by atoms with E-state index in [4.69, 9.17) is 9.47 Å². The molecule has 0 saturated carbocycles. The Hall–Kier alpha value is -3.73. The Morgan fingerprint density at radius 1 is 1.02 bits per heavy atom. The normalized spacial score (nSPS) is 17.3. The number of amides is 3. The first kappa shape index (κ1) is 31.8. The van der Waals surface area contributed by atoms with E-state index < -0.39 is 57.0 Å². The van der Waals surface area contributed by atoms with Crippen LogP contribution in [0, 0.1) is 5.92 Å². The number of rotatable bonds is 9. The molecular formula is C30H39N3O7S. The lowest BCUT2D eigenvalue weighted by atomic mass is 10.0. The maximum Gasteiger partial charge on any atom is 0.410 e. The molecule has 1 fully saturated rings. The molecule has 3 rings (SSSR count). The van der Waals surface area contributed by atoms with E-state index in [0.717, 1.165) is 5.56 Å². The fourth-order valence-corrected chi connectivity index (χ4v) is 6.05. The quantitative estimate of drug-likeness (QED) is 0.434. The first-order valence-electron chi connectivity index (χ1n) is 13.6. The molecule has 2 aromatic carbocycles. The van der Waals surface area contributed by atoms with Gasteiger partial charge in [-0.25, -0.2) is 13.8 Å². The van der Waals surface area contributed by atoms with Crippen molar-refractivity contribution in [1.82, 2.24) is 10.2 Å². The van der Waals surface area contributed by atoms with Gasteiger partial charge in [-0.15, -0.1) is 0 Å². The fraction of sp³-hybridized carbons (Fsp3) is 0.467. The van der Waals surface area contributed by atoms with Crippen LogP contribution in [0.25, 0.3) is 0 Å². The Kier molecular flexibility index (Phi) is 10.7. The number of nitrogens with zero attached hydrogens (tertiary/aromatic N) is 2. The maximum absolute atomic E-state index is 14.2. The summed E-state index contributed by atoms with van der Waals surface area (Å²) in [5.41, 5.74) is 0.0429. The van der Waals surface area contributed by atoms with Gasteiger partial charge in [-0.2, -0.15) is 4.36 Å². The van der Waals surface area contributed by atoms with Gasteiger partial charge in [0.05, 0.1) is 9.73 Å². The Morgan fingerprint density at radius 3 is 2.22 bits per heavy atom. The predicted molar refractivity (Wildman–Crippen MR) is 154 cm³/mol. The summed E-state index contributed by atoms with van der Waals surface area (Å²) in [6, 6.07) is 15.2. The Bertz CT molecular complexity index is 1350. The minimum Gasteiger partial charge on any atom is -0.459 e. The van der Waals surface area contributed by atoms with Crippen LogP contribution in [0.4, 0.5) is 4.79 Å². The van der Waals surface area contributed by atoms with Gasteiger partial charge < -0.3 is 14.8 Å². The first-order chi connectivity index (χ1) is 19.3.